The normalized spacial score (nSPS) is 23.9. The summed E-state index contributed by atoms with van der Waals surface area (Å²) in [6, 6.07) is 2.15. The molecule has 0 spiro atoms. The number of hydrogen-bond acceptors (Lipinski definition) is 2. The first-order valence-electron chi connectivity index (χ1n) is 3.26. The van der Waals surface area contributed by atoms with E-state index in [2.05, 4.69) is 6.07 Å². The van der Waals surface area contributed by atoms with Gasteiger partial charge in [0, 0.05) is 19.2 Å². The highest BCUT2D eigenvalue weighted by atomic mass is 15.1. The fourth-order valence-corrected chi connectivity index (χ4v) is 0.879. The highest BCUT2D eigenvalue weighted by Gasteiger charge is 2.08. The second-order valence-electron chi connectivity index (χ2n) is 2.49. The molecule has 1 aliphatic heterocycles. The first kappa shape index (κ1) is 6.88. The minimum absolute atomic E-state index is 0.279. The predicted molar refractivity (Wildman–Crippen MR) is 39.8 cm³/mol. The SMILES string of the molecule is CC1C=CN(C)C=C1C#N. The Balaban J connectivity index is 2.81. The molecule has 0 amide bonds. The summed E-state index contributed by atoms with van der Waals surface area (Å²) in [5.74, 6) is 0.279. The molecule has 0 aliphatic carbocycles. The molecule has 1 heterocycles. The van der Waals surface area contributed by atoms with Crippen molar-refractivity contribution in [3.8, 4) is 6.07 Å². The molecule has 1 atom stereocenters. The molecular weight excluding hydrogens is 124 g/mol. The molecule has 0 radical (unpaired) electrons. The van der Waals surface area contributed by atoms with Gasteiger partial charge in [-0.2, -0.15) is 5.26 Å². The van der Waals surface area contributed by atoms with Gasteiger partial charge in [0.2, 0.25) is 0 Å². The van der Waals surface area contributed by atoms with Gasteiger partial charge in [0.15, 0.2) is 0 Å². The molecule has 0 aromatic rings. The van der Waals surface area contributed by atoms with Gasteiger partial charge in [0.05, 0.1) is 11.6 Å². The maximum absolute atomic E-state index is 8.60. The Kier molecular flexibility index (Phi) is 1.77. The van der Waals surface area contributed by atoms with Crippen LogP contribution in [0.3, 0.4) is 0 Å². The van der Waals surface area contributed by atoms with Crippen LogP contribution in [0.15, 0.2) is 24.0 Å². The number of hydrogen-bond donors (Lipinski definition) is 0. The Hall–Kier alpha value is -1.23. The summed E-state index contributed by atoms with van der Waals surface area (Å²) in [6.07, 6.45) is 5.83. The minimum atomic E-state index is 0.279. The van der Waals surface area contributed by atoms with E-state index in [1.807, 2.05) is 37.3 Å². The fraction of sp³-hybridized carbons (Fsp3) is 0.375. The first-order chi connectivity index (χ1) is 4.74. The van der Waals surface area contributed by atoms with Gasteiger partial charge in [-0.25, -0.2) is 0 Å². The molecule has 1 aliphatic rings. The lowest BCUT2D eigenvalue weighted by molar-refractivity contribution is 0.586. The third-order valence-electron chi connectivity index (χ3n) is 1.57. The van der Waals surface area contributed by atoms with E-state index < -0.39 is 0 Å². The van der Waals surface area contributed by atoms with Gasteiger partial charge in [0.25, 0.3) is 0 Å². The molecule has 0 bridgehead atoms. The van der Waals surface area contributed by atoms with Crippen molar-refractivity contribution in [1.82, 2.24) is 4.90 Å². The zero-order valence-corrected chi connectivity index (χ0v) is 6.20. The van der Waals surface area contributed by atoms with Crippen molar-refractivity contribution in [3.05, 3.63) is 24.0 Å². The smallest absolute Gasteiger partial charge is 0.0968 e. The Morgan fingerprint density at radius 1 is 1.70 bits per heavy atom. The maximum Gasteiger partial charge on any atom is 0.0968 e. The molecule has 0 saturated heterocycles. The van der Waals surface area contributed by atoms with E-state index in [9.17, 15) is 0 Å². The van der Waals surface area contributed by atoms with Gasteiger partial charge in [-0.05, 0) is 6.20 Å². The van der Waals surface area contributed by atoms with E-state index in [0.717, 1.165) is 5.57 Å². The van der Waals surface area contributed by atoms with Crippen LogP contribution >= 0.6 is 0 Å². The quantitative estimate of drug-likeness (QED) is 0.502. The van der Waals surface area contributed by atoms with Crippen LogP contribution in [0.5, 0.6) is 0 Å². The maximum atomic E-state index is 8.60. The van der Waals surface area contributed by atoms with Gasteiger partial charge in [0.1, 0.15) is 0 Å². The summed E-state index contributed by atoms with van der Waals surface area (Å²) >= 11 is 0. The van der Waals surface area contributed by atoms with E-state index in [-0.39, 0.29) is 5.92 Å². The van der Waals surface area contributed by atoms with Gasteiger partial charge < -0.3 is 4.90 Å². The third kappa shape index (κ3) is 1.19. The van der Waals surface area contributed by atoms with Gasteiger partial charge in [-0.15, -0.1) is 0 Å². The van der Waals surface area contributed by atoms with Crippen LogP contribution in [0, 0.1) is 17.2 Å². The summed E-state index contributed by atoms with van der Waals surface area (Å²) in [7, 11) is 1.92. The van der Waals surface area contributed by atoms with E-state index in [0.29, 0.717) is 0 Å². The number of rotatable bonds is 0. The lowest BCUT2D eigenvalue weighted by Crippen LogP contribution is -2.10. The second-order valence-corrected chi connectivity index (χ2v) is 2.49. The Morgan fingerprint density at radius 2 is 2.40 bits per heavy atom. The molecule has 0 fully saturated rings. The molecular formula is C8H10N2. The highest BCUT2D eigenvalue weighted by molar-refractivity contribution is 5.29. The summed E-state index contributed by atoms with van der Waals surface area (Å²) in [5.41, 5.74) is 0.824. The van der Waals surface area contributed by atoms with E-state index >= 15 is 0 Å². The van der Waals surface area contributed by atoms with Crippen LogP contribution in [-0.2, 0) is 0 Å². The third-order valence-corrected chi connectivity index (χ3v) is 1.57. The average molecular weight is 134 g/mol. The standard InChI is InChI=1S/C8H10N2/c1-7-3-4-10(2)6-8(7)5-9/h3-4,6-7H,1-2H3. The first-order valence-corrected chi connectivity index (χ1v) is 3.26. The lowest BCUT2D eigenvalue weighted by atomic mass is 10.0. The van der Waals surface area contributed by atoms with Crippen LogP contribution in [0.2, 0.25) is 0 Å². The second kappa shape index (κ2) is 2.57. The van der Waals surface area contributed by atoms with E-state index in [1.54, 1.807) is 0 Å². The summed E-state index contributed by atoms with van der Waals surface area (Å²) in [4.78, 5) is 1.89. The minimum Gasteiger partial charge on any atom is -0.357 e. The zero-order chi connectivity index (χ0) is 7.56. The van der Waals surface area contributed by atoms with Crippen molar-refractivity contribution in [3.63, 3.8) is 0 Å². The fourth-order valence-electron chi connectivity index (χ4n) is 0.879. The molecule has 10 heavy (non-hydrogen) atoms. The largest absolute Gasteiger partial charge is 0.357 e. The van der Waals surface area contributed by atoms with Crippen molar-refractivity contribution >= 4 is 0 Å². The van der Waals surface area contributed by atoms with Crippen molar-refractivity contribution in [2.75, 3.05) is 7.05 Å². The Bertz CT molecular complexity index is 220. The van der Waals surface area contributed by atoms with E-state index in [4.69, 9.17) is 5.26 Å². The van der Waals surface area contributed by atoms with Gasteiger partial charge in [-0.3, -0.25) is 0 Å². The van der Waals surface area contributed by atoms with Crippen LogP contribution in [0.25, 0.3) is 0 Å². The number of nitrogens with zero attached hydrogens (tertiary/aromatic N) is 2. The zero-order valence-electron chi connectivity index (χ0n) is 6.20. The predicted octanol–water partition coefficient (Wildman–Crippen LogP) is 1.49. The molecule has 0 N–H and O–H groups in total. The Morgan fingerprint density at radius 3 is 2.90 bits per heavy atom. The molecule has 52 valence electrons. The number of nitriles is 1. The number of allylic oxidation sites excluding steroid dienone is 2. The van der Waals surface area contributed by atoms with Gasteiger partial charge >= 0.3 is 0 Å². The summed E-state index contributed by atoms with van der Waals surface area (Å²) < 4.78 is 0. The molecule has 2 nitrogen and oxygen atoms in total. The van der Waals surface area contributed by atoms with E-state index in [1.165, 1.54) is 0 Å². The summed E-state index contributed by atoms with van der Waals surface area (Å²) in [6.45, 7) is 2.01. The van der Waals surface area contributed by atoms with Crippen LogP contribution in [0.1, 0.15) is 6.92 Å². The molecule has 0 saturated carbocycles. The lowest BCUT2D eigenvalue weighted by Gasteiger charge is -2.16. The van der Waals surface area contributed by atoms with Crippen molar-refractivity contribution in [2.45, 2.75) is 6.92 Å². The van der Waals surface area contributed by atoms with Crippen LogP contribution < -0.4 is 0 Å². The topological polar surface area (TPSA) is 27.0 Å². The highest BCUT2D eigenvalue weighted by Crippen LogP contribution is 2.16. The molecule has 1 unspecified atom stereocenters. The average Bonchev–Trinajstić information content (AvgIpc) is 1.94. The molecule has 0 aromatic carbocycles. The molecule has 1 rings (SSSR count). The van der Waals surface area contributed by atoms with Crippen molar-refractivity contribution in [2.24, 2.45) is 5.92 Å². The molecule has 2 heteroatoms. The van der Waals surface area contributed by atoms with Gasteiger partial charge in [-0.1, -0.05) is 13.0 Å². The summed E-state index contributed by atoms with van der Waals surface area (Å²) in [5, 5.41) is 8.60. The van der Waals surface area contributed by atoms with Crippen LogP contribution in [0.4, 0.5) is 0 Å². The van der Waals surface area contributed by atoms with Crippen molar-refractivity contribution < 1.29 is 0 Å². The van der Waals surface area contributed by atoms with Crippen molar-refractivity contribution in [1.29, 1.82) is 5.26 Å². The Labute approximate surface area is 61.1 Å². The monoisotopic (exact) mass is 134 g/mol. The molecule has 0 aromatic heterocycles. The van der Waals surface area contributed by atoms with Crippen LogP contribution in [-0.4, -0.2) is 11.9 Å².